The van der Waals surface area contributed by atoms with Gasteiger partial charge >= 0.3 is 11.9 Å². The van der Waals surface area contributed by atoms with Crippen LogP contribution in [-0.2, 0) is 9.59 Å². The second kappa shape index (κ2) is 5.99. The Morgan fingerprint density at radius 2 is 1.74 bits per heavy atom. The lowest BCUT2D eigenvalue weighted by Gasteiger charge is -2.34. The fourth-order valence-corrected chi connectivity index (χ4v) is 3.00. The molecule has 0 amide bonds. The maximum Gasteiger partial charge on any atom is 0.333 e. The van der Waals surface area contributed by atoms with Gasteiger partial charge in [-0.05, 0) is 19.8 Å². The van der Waals surface area contributed by atoms with E-state index in [-0.39, 0.29) is 11.5 Å². The molecule has 0 aromatic carbocycles. The molecule has 0 aliphatic carbocycles. The van der Waals surface area contributed by atoms with Gasteiger partial charge < -0.3 is 10.2 Å². The molecular weight excluding hydrogens is 246 g/mol. The van der Waals surface area contributed by atoms with Crippen LogP contribution >= 0.6 is 0 Å². The van der Waals surface area contributed by atoms with E-state index in [9.17, 15) is 19.8 Å². The zero-order chi connectivity index (χ0) is 14.7. The number of hydrogen-bond donors (Lipinski definition) is 2. The van der Waals surface area contributed by atoms with Crippen molar-refractivity contribution in [3.8, 4) is 0 Å². The van der Waals surface area contributed by atoms with E-state index in [1.807, 2.05) is 13.8 Å². The number of aliphatic carboxylic acids is 2. The van der Waals surface area contributed by atoms with E-state index in [0.717, 1.165) is 12.8 Å². The number of hydrogen-bond acceptors (Lipinski definition) is 3. The highest BCUT2D eigenvalue weighted by Gasteiger charge is 2.42. The summed E-state index contributed by atoms with van der Waals surface area (Å²) in [6, 6.07) is 0. The van der Waals surface area contributed by atoms with Gasteiger partial charge in [-0.2, -0.15) is 0 Å². The van der Waals surface area contributed by atoms with Crippen LogP contribution in [0, 0.1) is 17.8 Å². The van der Waals surface area contributed by atoms with E-state index < -0.39 is 23.8 Å². The molecule has 1 rings (SSSR count). The summed E-state index contributed by atoms with van der Waals surface area (Å²) >= 11 is 0. The molecule has 5 heteroatoms. The molecule has 0 aromatic rings. The van der Waals surface area contributed by atoms with Crippen molar-refractivity contribution in [2.75, 3.05) is 0 Å². The van der Waals surface area contributed by atoms with E-state index in [4.69, 9.17) is 0 Å². The van der Waals surface area contributed by atoms with Crippen LogP contribution in [0.2, 0.25) is 0 Å². The molecule has 2 N–H and O–H groups in total. The van der Waals surface area contributed by atoms with Crippen LogP contribution in [0.25, 0.3) is 0 Å². The number of carboxylic acids is 2. The molecular formula is C14H21NO4. The topological polar surface area (TPSA) is 87.0 Å². The molecule has 1 aliphatic rings. The van der Waals surface area contributed by atoms with Gasteiger partial charge in [0.05, 0.1) is 5.57 Å². The quantitative estimate of drug-likeness (QED) is 0.801. The van der Waals surface area contributed by atoms with Gasteiger partial charge in [0.15, 0.2) is 0 Å². The van der Waals surface area contributed by atoms with Gasteiger partial charge in [0.1, 0.15) is 5.92 Å². The molecule has 2 unspecified atom stereocenters. The molecule has 0 spiro atoms. The molecule has 0 saturated carbocycles. The molecule has 2 atom stereocenters. The molecule has 1 heterocycles. The highest BCUT2D eigenvalue weighted by Crippen LogP contribution is 2.39. The summed E-state index contributed by atoms with van der Waals surface area (Å²) in [5.41, 5.74) is 1.08. The summed E-state index contributed by atoms with van der Waals surface area (Å²) in [4.78, 5) is 27.1. The van der Waals surface area contributed by atoms with Crippen molar-refractivity contribution in [2.45, 2.75) is 40.5 Å². The monoisotopic (exact) mass is 267 g/mol. The second-order valence-corrected chi connectivity index (χ2v) is 4.98. The summed E-state index contributed by atoms with van der Waals surface area (Å²) < 4.78 is 0. The van der Waals surface area contributed by atoms with E-state index in [2.05, 4.69) is 4.99 Å². The Labute approximate surface area is 113 Å². The number of carboxylic acid groups (broad SMARTS) is 2. The Bertz CT molecular complexity index is 446. The van der Waals surface area contributed by atoms with E-state index in [1.54, 1.807) is 13.8 Å². The summed E-state index contributed by atoms with van der Waals surface area (Å²) in [5, 5.41) is 18.8. The van der Waals surface area contributed by atoms with Gasteiger partial charge in [-0.1, -0.05) is 26.7 Å². The van der Waals surface area contributed by atoms with Gasteiger partial charge in [-0.3, -0.25) is 9.79 Å². The summed E-state index contributed by atoms with van der Waals surface area (Å²) in [7, 11) is 0. The van der Waals surface area contributed by atoms with Crippen molar-refractivity contribution in [1.29, 1.82) is 0 Å². The van der Waals surface area contributed by atoms with E-state index in [0.29, 0.717) is 11.4 Å². The predicted molar refractivity (Wildman–Crippen MR) is 72.1 cm³/mol. The molecule has 106 valence electrons. The van der Waals surface area contributed by atoms with Gasteiger partial charge in [0.2, 0.25) is 0 Å². The smallest absolute Gasteiger partial charge is 0.333 e. The SMILES string of the molecule is CCC(CC)C1C(C(=O)O)=C(C)N=C(C)C1C(=O)O. The molecule has 0 radical (unpaired) electrons. The number of nitrogens with zero attached hydrogens (tertiary/aromatic N) is 1. The van der Waals surface area contributed by atoms with Crippen LogP contribution in [0.1, 0.15) is 40.5 Å². The molecule has 1 aliphatic heterocycles. The van der Waals surface area contributed by atoms with Crippen molar-refractivity contribution >= 4 is 17.7 Å². The van der Waals surface area contributed by atoms with Crippen LogP contribution < -0.4 is 0 Å². The van der Waals surface area contributed by atoms with Crippen molar-refractivity contribution in [1.82, 2.24) is 0 Å². The third kappa shape index (κ3) is 2.85. The van der Waals surface area contributed by atoms with E-state index >= 15 is 0 Å². The summed E-state index contributed by atoms with van der Waals surface area (Å²) in [6.07, 6.45) is 1.50. The molecule has 5 nitrogen and oxygen atoms in total. The van der Waals surface area contributed by atoms with Gasteiger partial charge in [0.25, 0.3) is 0 Å². The first-order valence-corrected chi connectivity index (χ1v) is 6.57. The Hall–Kier alpha value is -1.65. The Morgan fingerprint density at radius 3 is 2.11 bits per heavy atom. The lowest BCUT2D eigenvalue weighted by Crippen LogP contribution is -2.40. The first kappa shape index (κ1) is 15.4. The van der Waals surface area contributed by atoms with Crippen LogP contribution in [0.5, 0.6) is 0 Å². The maximum atomic E-state index is 11.5. The molecule has 0 aromatic heterocycles. The van der Waals surface area contributed by atoms with Gasteiger partial charge in [0, 0.05) is 17.3 Å². The normalized spacial score (nSPS) is 23.5. The largest absolute Gasteiger partial charge is 0.481 e. The first-order chi connectivity index (χ1) is 8.84. The molecule has 0 fully saturated rings. The summed E-state index contributed by atoms with van der Waals surface area (Å²) in [6.45, 7) is 7.22. The minimum atomic E-state index is -1.06. The third-order valence-corrected chi connectivity index (χ3v) is 3.93. The predicted octanol–water partition coefficient (Wildman–Crippen LogP) is 2.57. The summed E-state index contributed by atoms with van der Waals surface area (Å²) in [5.74, 6) is -3.35. The van der Waals surface area contributed by atoms with Crippen molar-refractivity contribution in [2.24, 2.45) is 22.7 Å². The van der Waals surface area contributed by atoms with Gasteiger partial charge in [-0.25, -0.2) is 4.79 Å². The van der Waals surface area contributed by atoms with Crippen LogP contribution in [0.4, 0.5) is 0 Å². The maximum absolute atomic E-state index is 11.5. The zero-order valence-electron chi connectivity index (χ0n) is 11.8. The number of aliphatic imine (C=N–C) groups is 1. The third-order valence-electron chi connectivity index (χ3n) is 3.93. The zero-order valence-corrected chi connectivity index (χ0v) is 11.8. The molecule has 0 saturated heterocycles. The minimum Gasteiger partial charge on any atom is -0.481 e. The molecule has 19 heavy (non-hydrogen) atoms. The number of rotatable bonds is 5. The Balaban J connectivity index is 3.41. The Morgan fingerprint density at radius 1 is 1.21 bits per heavy atom. The Kier molecular flexibility index (Phi) is 4.86. The van der Waals surface area contributed by atoms with Gasteiger partial charge in [-0.15, -0.1) is 0 Å². The average Bonchev–Trinajstić information content (AvgIpc) is 2.28. The number of carbonyl (C=O) groups is 2. The van der Waals surface area contributed by atoms with Crippen LogP contribution in [0.3, 0.4) is 0 Å². The van der Waals surface area contributed by atoms with Crippen molar-refractivity contribution in [3.63, 3.8) is 0 Å². The standard InChI is InChI=1S/C14H21NO4/c1-5-9(6-2)12-10(13(16)17)7(3)15-8(4)11(12)14(18)19/h9-10,12H,5-6H2,1-4H3,(H,16,17)(H,18,19). The van der Waals surface area contributed by atoms with E-state index in [1.165, 1.54) is 0 Å². The fourth-order valence-electron chi connectivity index (χ4n) is 3.00. The lowest BCUT2D eigenvalue weighted by molar-refractivity contribution is -0.141. The fraction of sp³-hybridized carbons (Fsp3) is 0.643. The molecule has 0 bridgehead atoms. The highest BCUT2D eigenvalue weighted by molar-refractivity contribution is 6.04. The lowest BCUT2D eigenvalue weighted by atomic mass is 9.70. The van der Waals surface area contributed by atoms with Crippen molar-refractivity contribution in [3.05, 3.63) is 11.3 Å². The first-order valence-electron chi connectivity index (χ1n) is 6.57. The minimum absolute atomic E-state index is 0.0348. The second-order valence-electron chi connectivity index (χ2n) is 4.98. The number of allylic oxidation sites excluding steroid dienone is 1. The van der Waals surface area contributed by atoms with Crippen LogP contribution in [-0.4, -0.2) is 27.9 Å². The van der Waals surface area contributed by atoms with Crippen LogP contribution in [0.15, 0.2) is 16.3 Å². The van der Waals surface area contributed by atoms with Crippen molar-refractivity contribution < 1.29 is 19.8 Å². The average molecular weight is 267 g/mol. The highest BCUT2D eigenvalue weighted by atomic mass is 16.4.